The first kappa shape index (κ1) is 10.1. The van der Waals surface area contributed by atoms with Gasteiger partial charge in [0.05, 0.1) is 0 Å². The SMILES string of the molecule is Fc1cccc(F)c1.O=C1NCC2CC12. The molecule has 1 saturated heterocycles. The third-order valence-corrected chi connectivity index (χ3v) is 2.58. The molecule has 1 aliphatic heterocycles. The van der Waals surface area contributed by atoms with E-state index in [1.54, 1.807) is 0 Å². The molecular weight excluding hydrogens is 200 g/mol. The Hall–Kier alpha value is -1.45. The van der Waals surface area contributed by atoms with Crippen molar-refractivity contribution in [1.82, 2.24) is 5.32 Å². The molecule has 2 nitrogen and oxygen atoms in total. The molecular formula is C11H11F2NO. The first-order chi connectivity index (χ1) is 7.16. The van der Waals surface area contributed by atoms with E-state index in [0.29, 0.717) is 5.92 Å². The zero-order valence-corrected chi connectivity index (χ0v) is 8.04. The van der Waals surface area contributed by atoms with Crippen molar-refractivity contribution in [2.24, 2.45) is 11.8 Å². The van der Waals surface area contributed by atoms with Gasteiger partial charge in [0.25, 0.3) is 0 Å². The van der Waals surface area contributed by atoms with Gasteiger partial charge in [0.15, 0.2) is 0 Å². The Kier molecular flexibility index (Phi) is 2.66. The molecule has 0 radical (unpaired) electrons. The van der Waals surface area contributed by atoms with E-state index in [2.05, 4.69) is 5.32 Å². The Morgan fingerprint density at radius 1 is 1.27 bits per heavy atom. The third kappa shape index (κ3) is 2.52. The van der Waals surface area contributed by atoms with Crippen LogP contribution in [0.4, 0.5) is 8.78 Å². The lowest BCUT2D eigenvalue weighted by molar-refractivity contribution is -0.120. The fourth-order valence-corrected chi connectivity index (χ4v) is 1.62. The first-order valence-corrected chi connectivity index (χ1v) is 4.85. The fourth-order valence-electron chi connectivity index (χ4n) is 1.62. The summed E-state index contributed by atoms with van der Waals surface area (Å²) < 4.78 is 23.9. The maximum Gasteiger partial charge on any atom is 0.223 e. The van der Waals surface area contributed by atoms with Crippen LogP contribution in [0.3, 0.4) is 0 Å². The highest BCUT2D eigenvalue weighted by Crippen LogP contribution is 2.41. The summed E-state index contributed by atoms with van der Waals surface area (Å²) in [6.45, 7) is 0.948. The summed E-state index contributed by atoms with van der Waals surface area (Å²) >= 11 is 0. The number of rotatable bonds is 0. The molecule has 1 aromatic carbocycles. The highest BCUT2D eigenvalue weighted by Gasteiger charge is 2.47. The Morgan fingerprint density at radius 2 is 1.93 bits per heavy atom. The predicted molar refractivity (Wildman–Crippen MR) is 51.0 cm³/mol. The summed E-state index contributed by atoms with van der Waals surface area (Å²) in [5, 5.41) is 2.78. The highest BCUT2D eigenvalue weighted by molar-refractivity contribution is 5.84. The molecule has 3 rings (SSSR count). The number of benzene rings is 1. The van der Waals surface area contributed by atoms with Gasteiger partial charge in [-0.05, 0) is 24.5 Å². The quantitative estimate of drug-likeness (QED) is 0.695. The van der Waals surface area contributed by atoms with Crippen molar-refractivity contribution < 1.29 is 13.6 Å². The van der Waals surface area contributed by atoms with Crippen LogP contribution in [0.2, 0.25) is 0 Å². The van der Waals surface area contributed by atoms with E-state index >= 15 is 0 Å². The van der Waals surface area contributed by atoms with Crippen LogP contribution in [0.1, 0.15) is 6.42 Å². The van der Waals surface area contributed by atoms with Crippen LogP contribution in [0.25, 0.3) is 0 Å². The van der Waals surface area contributed by atoms with Crippen LogP contribution in [0.15, 0.2) is 24.3 Å². The van der Waals surface area contributed by atoms with Crippen LogP contribution < -0.4 is 5.32 Å². The zero-order valence-electron chi connectivity index (χ0n) is 8.04. The predicted octanol–water partition coefficient (Wildman–Crippen LogP) is 1.72. The number of carbonyl (C=O) groups excluding carboxylic acids is 1. The fraction of sp³-hybridized carbons (Fsp3) is 0.364. The van der Waals surface area contributed by atoms with Crippen molar-refractivity contribution in [1.29, 1.82) is 0 Å². The lowest BCUT2D eigenvalue weighted by Gasteiger charge is -1.89. The lowest BCUT2D eigenvalue weighted by Crippen LogP contribution is -2.18. The van der Waals surface area contributed by atoms with E-state index in [4.69, 9.17) is 0 Å². The standard InChI is InChI=1S/C6H4F2.C5H7NO/c7-5-2-1-3-6(8)4-5;7-5-4-1-3(4)2-6-5/h1-4H;3-4H,1-2H2,(H,6,7). The van der Waals surface area contributed by atoms with Gasteiger partial charge in [-0.15, -0.1) is 0 Å². The van der Waals surface area contributed by atoms with E-state index in [1.807, 2.05) is 0 Å². The van der Waals surface area contributed by atoms with Gasteiger partial charge >= 0.3 is 0 Å². The van der Waals surface area contributed by atoms with E-state index in [9.17, 15) is 13.6 Å². The minimum atomic E-state index is -0.537. The maximum absolute atomic E-state index is 11.9. The van der Waals surface area contributed by atoms with E-state index in [0.717, 1.165) is 24.9 Å². The molecule has 0 spiro atoms. The summed E-state index contributed by atoms with van der Waals surface area (Å²) in [6.07, 6.45) is 1.16. The Bertz CT molecular complexity index is 363. The molecule has 80 valence electrons. The van der Waals surface area contributed by atoms with Gasteiger partial charge in [0.2, 0.25) is 5.91 Å². The molecule has 4 heteroatoms. The molecule has 1 heterocycles. The summed E-state index contributed by atoms with van der Waals surface area (Å²) in [6, 6.07) is 4.55. The average Bonchev–Trinajstić information content (AvgIpc) is 2.87. The summed E-state index contributed by atoms with van der Waals surface area (Å²) in [4.78, 5) is 10.5. The van der Waals surface area contributed by atoms with Gasteiger partial charge in [-0.25, -0.2) is 8.78 Å². The molecule has 15 heavy (non-hydrogen) atoms. The number of nitrogens with one attached hydrogen (secondary N) is 1. The molecule has 0 bridgehead atoms. The van der Waals surface area contributed by atoms with Crippen LogP contribution in [-0.2, 0) is 4.79 Å². The molecule has 1 N–H and O–H groups in total. The number of fused-ring (bicyclic) bond motifs is 1. The van der Waals surface area contributed by atoms with Gasteiger partial charge in [-0.1, -0.05) is 6.07 Å². The Labute approximate surface area is 86.3 Å². The lowest BCUT2D eigenvalue weighted by atomic mass is 10.3. The van der Waals surface area contributed by atoms with E-state index in [-0.39, 0.29) is 5.91 Å². The van der Waals surface area contributed by atoms with Gasteiger partial charge in [0.1, 0.15) is 11.6 Å². The smallest absolute Gasteiger partial charge is 0.223 e. The number of carbonyl (C=O) groups is 1. The highest BCUT2D eigenvalue weighted by atomic mass is 19.1. The van der Waals surface area contributed by atoms with Crippen molar-refractivity contribution in [2.45, 2.75) is 6.42 Å². The topological polar surface area (TPSA) is 29.1 Å². The second-order valence-electron chi connectivity index (χ2n) is 3.79. The zero-order chi connectivity index (χ0) is 10.8. The number of hydrogen-bond acceptors (Lipinski definition) is 1. The van der Waals surface area contributed by atoms with Crippen LogP contribution >= 0.6 is 0 Å². The van der Waals surface area contributed by atoms with Crippen molar-refractivity contribution in [3.05, 3.63) is 35.9 Å². The molecule has 0 aromatic heterocycles. The summed E-state index contributed by atoms with van der Waals surface area (Å²) in [7, 11) is 0. The minimum absolute atomic E-state index is 0.282. The monoisotopic (exact) mass is 211 g/mol. The normalized spacial score (nSPS) is 26.1. The molecule has 2 fully saturated rings. The molecule has 2 aliphatic rings. The second kappa shape index (κ2) is 3.96. The first-order valence-electron chi connectivity index (χ1n) is 4.85. The Morgan fingerprint density at radius 3 is 2.13 bits per heavy atom. The molecule has 1 aromatic rings. The molecule has 2 atom stereocenters. The molecule has 1 aliphatic carbocycles. The average molecular weight is 211 g/mol. The van der Waals surface area contributed by atoms with Crippen molar-refractivity contribution in [2.75, 3.05) is 6.54 Å². The number of halogens is 2. The van der Waals surface area contributed by atoms with Crippen molar-refractivity contribution in [3.8, 4) is 0 Å². The van der Waals surface area contributed by atoms with E-state index < -0.39 is 11.6 Å². The Balaban J connectivity index is 0.000000114. The second-order valence-corrected chi connectivity index (χ2v) is 3.79. The number of amides is 1. The number of hydrogen-bond donors (Lipinski definition) is 1. The number of piperidine rings is 1. The summed E-state index contributed by atoms with van der Waals surface area (Å²) in [5.41, 5.74) is 0. The minimum Gasteiger partial charge on any atom is -0.356 e. The largest absolute Gasteiger partial charge is 0.356 e. The summed E-state index contributed by atoms with van der Waals surface area (Å²) in [5.74, 6) is 0.368. The van der Waals surface area contributed by atoms with Crippen LogP contribution in [0.5, 0.6) is 0 Å². The third-order valence-electron chi connectivity index (χ3n) is 2.58. The van der Waals surface area contributed by atoms with Crippen molar-refractivity contribution >= 4 is 5.91 Å². The van der Waals surface area contributed by atoms with Crippen LogP contribution in [0, 0.1) is 23.5 Å². The van der Waals surface area contributed by atoms with Gasteiger partial charge in [-0.3, -0.25) is 4.79 Å². The van der Waals surface area contributed by atoms with Crippen molar-refractivity contribution in [3.63, 3.8) is 0 Å². The van der Waals surface area contributed by atoms with Gasteiger partial charge in [-0.2, -0.15) is 0 Å². The molecule has 1 amide bonds. The maximum atomic E-state index is 11.9. The van der Waals surface area contributed by atoms with Gasteiger partial charge < -0.3 is 5.32 Å². The molecule has 2 unspecified atom stereocenters. The van der Waals surface area contributed by atoms with E-state index in [1.165, 1.54) is 18.2 Å². The van der Waals surface area contributed by atoms with Crippen LogP contribution in [-0.4, -0.2) is 12.5 Å². The van der Waals surface area contributed by atoms with Gasteiger partial charge in [0, 0.05) is 18.5 Å². The molecule has 1 saturated carbocycles.